The monoisotopic (exact) mass is 249 g/mol. The van der Waals surface area contributed by atoms with E-state index in [4.69, 9.17) is 5.73 Å². The Morgan fingerprint density at radius 3 is 2.67 bits per heavy atom. The summed E-state index contributed by atoms with van der Waals surface area (Å²) in [5.74, 6) is 0.379. The largest absolute Gasteiger partial charge is 0.364 e. The summed E-state index contributed by atoms with van der Waals surface area (Å²) in [4.78, 5) is 22.2. The molecule has 1 saturated carbocycles. The minimum Gasteiger partial charge on any atom is -0.364 e. The van der Waals surface area contributed by atoms with Crippen molar-refractivity contribution >= 4 is 17.6 Å². The molecule has 96 valence electrons. The Hall–Kier alpha value is -2.18. The number of nitrogens with two attached hydrogens (primary N) is 1. The van der Waals surface area contributed by atoms with E-state index < -0.39 is 5.91 Å². The van der Waals surface area contributed by atoms with E-state index in [-0.39, 0.29) is 18.1 Å². The number of carbonyl (C=O) groups excluding carboxylic acids is 2. The Balaban J connectivity index is 1.74. The van der Waals surface area contributed by atoms with Crippen molar-refractivity contribution in [2.75, 3.05) is 18.4 Å². The van der Waals surface area contributed by atoms with E-state index in [1.54, 1.807) is 6.07 Å². The van der Waals surface area contributed by atoms with Gasteiger partial charge >= 0.3 is 0 Å². The van der Waals surface area contributed by atoms with Crippen LogP contribution < -0.4 is 16.4 Å². The summed E-state index contributed by atoms with van der Waals surface area (Å²) in [6, 6.07) is 3.01. The second-order valence-electron chi connectivity index (χ2n) is 4.27. The third kappa shape index (κ3) is 3.69. The molecule has 0 aliphatic heterocycles. The number of nitrogens with one attached hydrogen (secondary N) is 2. The lowest BCUT2D eigenvalue weighted by molar-refractivity contribution is -0.119. The molecule has 1 aromatic rings. The van der Waals surface area contributed by atoms with Crippen LogP contribution in [0.5, 0.6) is 0 Å². The van der Waals surface area contributed by atoms with Gasteiger partial charge in [0.05, 0.1) is 6.54 Å². The van der Waals surface area contributed by atoms with Crippen molar-refractivity contribution in [1.82, 2.24) is 15.5 Å². The molecule has 1 heterocycles. The quantitative estimate of drug-likeness (QED) is 0.630. The summed E-state index contributed by atoms with van der Waals surface area (Å²) in [7, 11) is 0. The van der Waals surface area contributed by atoms with Gasteiger partial charge in [-0.1, -0.05) is 0 Å². The van der Waals surface area contributed by atoms with Crippen LogP contribution in [0, 0.1) is 5.92 Å². The molecule has 1 aromatic heterocycles. The smallest absolute Gasteiger partial charge is 0.269 e. The summed E-state index contributed by atoms with van der Waals surface area (Å²) < 4.78 is 0. The first-order valence-corrected chi connectivity index (χ1v) is 5.79. The number of nitrogens with zero attached hydrogens (tertiary/aromatic N) is 2. The Morgan fingerprint density at radius 2 is 2.11 bits per heavy atom. The maximum atomic E-state index is 11.4. The van der Waals surface area contributed by atoms with Crippen LogP contribution in [0.1, 0.15) is 23.3 Å². The van der Waals surface area contributed by atoms with Gasteiger partial charge in [-0.2, -0.15) is 0 Å². The normalized spacial score (nSPS) is 14.0. The highest BCUT2D eigenvalue weighted by molar-refractivity contribution is 5.90. The molecule has 0 aromatic carbocycles. The second-order valence-corrected chi connectivity index (χ2v) is 4.27. The molecule has 4 N–H and O–H groups in total. The highest BCUT2D eigenvalue weighted by Gasteiger charge is 2.21. The second kappa shape index (κ2) is 5.44. The lowest BCUT2D eigenvalue weighted by atomic mass is 10.3. The summed E-state index contributed by atoms with van der Waals surface area (Å²) in [6.45, 7) is 0.879. The predicted molar refractivity (Wildman–Crippen MR) is 64.8 cm³/mol. The van der Waals surface area contributed by atoms with Crippen molar-refractivity contribution in [3.8, 4) is 0 Å². The number of anilines is 1. The third-order valence-electron chi connectivity index (χ3n) is 2.63. The van der Waals surface area contributed by atoms with Gasteiger partial charge in [0.15, 0.2) is 5.69 Å². The number of carbonyl (C=O) groups is 2. The van der Waals surface area contributed by atoms with Gasteiger partial charge < -0.3 is 16.4 Å². The fourth-order valence-electron chi connectivity index (χ4n) is 1.37. The fourth-order valence-corrected chi connectivity index (χ4v) is 1.37. The molecule has 0 unspecified atom stereocenters. The third-order valence-corrected chi connectivity index (χ3v) is 2.63. The van der Waals surface area contributed by atoms with Gasteiger partial charge in [0.2, 0.25) is 5.91 Å². The molecule has 2 amide bonds. The molecule has 0 atom stereocenters. The number of amides is 2. The highest BCUT2D eigenvalue weighted by Crippen LogP contribution is 2.27. The topological polar surface area (TPSA) is 110 Å². The van der Waals surface area contributed by atoms with E-state index in [1.807, 2.05) is 0 Å². The van der Waals surface area contributed by atoms with Crippen LogP contribution in [0.25, 0.3) is 0 Å². The average Bonchev–Trinajstić information content (AvgIpc) is 3.18. The molecule has 0 saturated heterocycles. The van der Waals surface area contributed by atoms with E-state index in [0.717, 1.165) is 6.54 Å². The van der Waals surface area contributed by atoms with Gasteiger partial charge in [0, 0.05) is 6.54 Å². The van der Waals surface area contributed by atoms with Gasteiger partial charge in [-0.25, -0.2) is 0 Å². The Kier molecular flexibility index (Phi) is 3.71. The lowest BCUT2D eigenvalue weighted by Gasteiger charge is -2.06. The zero-order chi connectivity index (χ0) is 13.0. The zero-order valence-electron chi connectivity index (χ0n) is 9.85. The standard InChI is InChI=1S/C11H15N5O2/c12-11(18)8-3-4-9(16-15-8)13-6-10(17)14-5-7-1-2-7/h3-4,7H,1-2,5-6H2,(H2,12,18)(H,13,16)(H,14,17). The van der Waals surface area contributed by atoms with Gasteiger partial charge in [-0.3, -0.25) is 9.59 Å². The van der Waals surface area contributed by atoms with Gasteiger partial charge in [0.1, 0.15) is 5.82 Å². The molecule has 1 aliphatic carbocycles. The molecular formula is C11H15N5O2. The minimum absolute atomic E-state index is 0.0809. The van der Waals surface area contributed by atoms with E-state index in [1.165, 1.54) is 18.9 Å². The van der Waals surface area contributed by atoms with E-state index in [9.17, 15) is 9.59 Å². The van der Waals surface area contributed by atoms with Crippen LogP contribution in [0.3, 0.4) is 0 Å². The van der Waals surface area contributed by atoms with E-state index in [0.29, 0.717) is 11.7 Å². The van der Waals surface area contributed by atoms with Gasteiger partial charge in [0.25, 0.3) is 5.91 Å². The van der Waals surface area contributed by atoms with Crippen molar-refractivity contribution in [2.24, 2.45) is 11.7 Å². The zero-order valence-corrected chi connectivity index (χ0v) is 9.85. The molecule has 0 bridgehead atoms. The molecule has 7 nitrogen and oxygen atoms in total. The molecular weight excluding hydrogens is 234 g/mol. The molecule has 7 heteroatoms. The minimum atomic E-state index is -0.628. The summed E-state index contributed by atoms with van der Waals surface area (Å²) in [6.07, 6.45) is 2.40. The van der Waals surface area contributed by atoms with Crippen molar-refractivity contribution in [3.63, 3.8) is 0 Å². The first kappa shape index (κ1) is 12.3. The van der Waals surface area contributed by atoms with Crippen LogP contribution in [0.2, 0.25) is 0 Å². The first-order valence-electron chi connectivity index (χ1n) is 5.79. The van der Waals surface area contributed by atoms with Crippen LogP contribution in [0.4, 0.5) is 5.82 Å². The molecule has 18 heavy (non-hydrogen) atoms. The van der Waals surface area contributed by atoms with Gasteiger partial charge in [-0.05, 0) is 30.9 Å². The maximum Gasteiger partial charge on any atom is 0.269 e. The highest BCUT2D eigenvalue weighted by atomic mass is 16.2. The van der Waals surface area contributed by atoms with Gasteiger partial charge in [-0.15, -0.1) is 10.2 Å². The SMILES string of the molecule is NC(=O)c1ccc(NCC(=O)NCC2CC2)nn1. The van der Waals surface area contributed by atoms with Crippen LogP contribution in [-0.4, -0.2) is 35.1 Å². The molecule has 1 fully saturated rings. The number of aromatic nitrogens is 2. The number of primary amides is 1. The summed E-state index contributed by atoms with van der Waals surface area (Å²) >= 11 is 0. The Labute approximate surface area is 104 Å². The van der Waals surface area contributed by atoms with Crippen molar-refractivity contribution in [3.05, 3.63) is 17.8 Å². The summed E-state index contributed by atoms with van der Waals surface area (Å²) in [5.41, 5.74) is 5.13. The number of hydrogen-bond acceptors (Lipinski definition) is 5. The Bertz CT molecular complexity index is 441. The first-order chi connectivity index (χ1) is 8.65. The van der Waals surface area contributed by atoms with Crippen molar-refractivity contribution < 1.29 is 9.59 Å². The van der Waals surface area contributed by atoms with Crippen LogP contribution in [-0.2, 0) is 4.79 Å². The van der Waals surface area contributed by atoms with Crippen molar-refractivity contribution in [2.45, 2.75) is 12.8 Å². The van der Waals surface area contributed by atoms with E-state index >= 15 is 0 Å². The summed E-state index contributed by atoms with van der Waals surface area (Å²) in [5, 5.41) is 13.0. The van der Waals surface area contributed by atoms with Crippen molar-refractivity contribution in [1.29, 1.82) is 0 Å². The fraction of sp³-hybridized carbons (Fsp3) is 0.455. The van der Waals surface area contributed by atoms with E-state index in [2.05, 4.69) is 20.8 Å². The molecule has 2 rings (SSSR count). The maximum absolute atomic E-state index is 11.4. The van der Waals surface area contributed by atoms with Crippen LogP contribution >= 0.6 is 0 Å². The number of hydrogen-bond donors (Lipinski definition) is 3. The Morgan fingerprint density at radius 1 is 1.33 bits per heavy atom. The molecule has 1 aliphatic rings. The molecule has 0 radical (unpaired) electrons. The average molecular weight is 249 g/mol. The van der Waals surface area contributed by atoms with Crippen LogP contribution in [0.15, 0.2) is 12.1 Å². The molecule has 0 spiro atoms. The number of rotatable bonds is 6. The lowest BCUT2D eigenvalue weighted by Crippen LogP contribution is -2.31. The predicted octanol–water partition coefficient (Wildman–Crippen LogP) is -0.486.